The van der Waals surface area contributed by atoms with Gasteiger partial charge in [-0.2, -0.15) is 5.10 Å². The zero-order valence-corrected chi connectivity index (χ0v) is 10.4. The van der Waals surface area contributed by atoms with Gasteiger partial charge in [-0.3, -0.25) is 9.48 Å². The molecule has 0 aliphatic carbocycles. The van der Waals surface area contributed by atoms with Gasteiger partial charge in [-0.25, -0.2) is 9.78 Å². The summed E-state index contributed by atoms with van der Waals surface area (Å²) in [4.78, 5) is 26.5. The van der Waals surface area contributed by atoms with Crippen LogP contribution < -0.4 is 10.6 Å². The standard InChI is InChI=1S/C10H15N5O4/c1-15-5-12-8(14-15)2-11-10(18)13-7-4-19-3-6(7)9(16)17/h5-7H,2-4H2,1H3,(H,16,17)(H2,11,13,18). The van der Waals surface area contributed by atoms with Crippen molar-refractivity contribution in [3.63, 3.8) is 0 Å². The molecular weight excluding hydrogens is 254 g/mol. The Balaban J connectivity index is 1.79. The summed E-state index contributed by atoms with van der Waals surface area (Å²) in [5, 5.41) is 18.1. The molecular formula is C10H15N5O4. The van der Waals surface area contributed by atoms with Crippen LogP contribution in [0.15, 0.2) is 6.33 Å². The van der Waals surface area contributed by atoms with Crippen LogP contribution in [0.4, 0.5) is 4.79 Å². The van der Waals surface area contributed by atoms with Crippen molar-refractivity contribution >= 4 is 12.0 Å². The van der Waals surface area contributed by atoms with Crippen molar-refractivity contribution in [1.82, 2.24) is 25.4 Å². The molecule has 2 unspecified atom stereocenters. The number of nitrogens with zero attached hydrogens (tertiary/aromatic N) is 3. The summed E-state index contributed by atoms with van der Waals surface area (Å²) in [5.74, 6) is -1.21. The molecule has 2 heterocycles. The molecule has 9 heteroatoms. The predicted octanol–water partition coefficient (Wildman–Crippen LogP) is -1.29. The lowest BCUT2D eigenvalue weighted by atomic mass is 10.0. The van der Waals surface area contributed by atoms with E-state index in [9.17, 15) is 9.59 Å². The average Bonchev–Trinajstić information content (AvgIpc) is 2.95. The number of carboxylic acids is 1. The molecule has 19 heavy (non-hydrogen) atoms. The van der Waals surface area contributed by atoms with Crippen LogP contribution in [0, 0.1) is 5.92 Å². The van der Waals surface area contributed by atoms with E-state index >= 15 is 0 Å². The van der Waals surface area contributed by atoms with Gasteiger partial charge < -0.3 is 20.5 Å². The minimum atomic E-state index is -0.978. The molecule has 0 radical (unpaired) electrons. The molecule has 2 rings (SSSR count). The van der Waals surface area contributed by atoms with E-state index in [0.29, 0.717) is 5.82 Å². The molecule has 1 aromatic heterocycles. The highest BCUT2D eigenvalue weighted by Gasteiger charge is 2.34. The third-order valence-corrected chi connectivity index (χ3v) is 2.77. The minimum Gasteiger partial charge on any atom is -0.481 e. The maximum atomic E-state index is 11.6. The van der Waals surface area contributed by atoms with Crippen LogP contribution in [0.1, 0.15) is 5.82 Å². The molecule has 1 fully saturated rings. The van der Waals surface area contributed by atoms with Crippen molar-refractivity contribution in [3.8, 4) is 0 Å². The van der Waals surface area contributed by atoms with E-state index in [1.54, 1.807) is 7.05 Å². The van der Waals surface area contributed by atoms with E-state index < -0.39 is 24.0 Å². The van der Waals surface area contributed by atoms with E-state index in [4.69, 9.17) is 9.84 Å². The van der Waals surface area contributed by atoms with Crippen LogP contribution in [0.25, 0.3) is 0 Å². The summed E-state index contributed by atoms with van der Waals surface area (Å²) >= 11 is 0. The number of aryl methyl sites for hydroxylation is 1. The monoisotopic (exact) mass is 269 g/mol. The van der Waals surface area contributed by atoms with Gasteiger partial charge >= 0.3 is 12.0 Å². The second-order valence-corrected chi connectivity index (χ2v) is 4.25. The van der Waals surface area contributed by atoms with Crippen LogP contribution in [-0.4, -0.2) is 51.1 Å². The zero-order valence-electron chi connectivity index (χ0n) is 10.4. The smallest absolute Gasteiger partial charge is 0.315 e. The molecule has 104 valence electrons. The van der Waals surface area contributed by atoms with Gasteiger partial charge in [-0.05, 0) is 0 Å². The first-order chi connectivity index (χ1) is 9.06. The van der Waals surface area contributed by atoms with Crippen molar-refractivity contribution in [3.05, 3.63) is 12.2 Å². The molecule has 1 aliphatic rings. The Morgan fingerprint density at radius 1 is 1.58 bits per heavy atom. The number of carbonyl (C=O) groups is 2. The first-order valence-electron chi connectivity index (χ1n) is 5.75. The maximum Gasteiger partial charge on any atom is 0.315 e. The average molecular weight is 269 g/mol. The second-order valence-electron chi connectivity index (χ2n) is 4.25. The van der Waals surface area contributed by atoms with Gasteiger partial charge in [0.2, 0.25) is 0 Å². The molecule has 9 nitrogen and oxygen atoms in total. The van der Waals surface area contributed by atoms with Gasteiger partial charge in [0.05, 0.1) is 25.8 Å². The van der Waals surface area contributed by atoms with E-state index in [-0.39, 0.29) is 19.8 Å². The van der Waals surface area contributed by atoms with Crippen LogP contribution in [0.2, 0.25) is 0 Å². The Morgan fingerprint density at radius 3 is 3.00 bits per heavy atom. The van der Waals surface area contributed by atoms with Crippen molar-refractivity contribution in [2.75, 3.05) is 13.2 Å². The lowest BCUT2D eigenvalue weighted by Crippen LogP contribution is -2.47. The van der Waals surface area contributed by atoms with Crippen LogP contribution in [0.3, 0.4) is 0 Å². The highest BCUT2D eigenvalue weighted by molar-refractivity contribution is 5.77. The molecule has 0 aromatic carbocycles. The number of aromatic nitrogens is 3. The zero-order chi connectivity index (χ0) is 13.8. The van der Waals surface area contributed by atoms with Crippen LogP contribution >= 0.6 is 0 Å². The number of rotatable bonds is 4. The Bertz CT molecular complexity index is 474. The third-order valence-electron chi connectivity index (χ3n) is 2.77. The topological polar surface area (TPSA) is 118 Å². The number of hydrogen-bond acceptors (Lipinski definition) is 5. The normalized spacial score (nSPS) is 22.2. The Hall–Kier alpha value is -2.16. The number of nitrogens with one attached hydrogen (secondary N) is 2. The van der Waals surface area contributed by atoms with E-state index in [2.05, 4.69) is 20.7 Å². The van der Waals surface area contributed by atoms with Crippen molar-refractivity contribution in [2.45, 2.75) is 12.6 Å². The fraction of sp³-hybridized carbons (Fsp3) is 0.600. The number of amides is 2. The van der Waals surface area contributed by atoms with E-state index in [1.165, 1.54) is 11.0 Å². The first kappa shape index (κ1) is 13.3. The van der Waals surface area contributed by atoms with Gasteiger partial charge in [0.15, 0.2) is 5.82 Å². The van der Waals surface area contributed by atoms with Gasteiger partial charge in [0, 0.05) is 7.05 Å². The summed E-state index contributed by atoms with van der Waals surface area (Å²) in [5.41, 5.74) is 0. The fourth-order valence-electron chi connectivity index (χ4n) is 1.78. The number of carboxylic acid groups (broad SMARTS) is 1. The summed E-state index contributed by atoms with van der Waals surface area (Å²) in [6, 6.07) is -0.983. The second kappa shape index (κ2) is 5.65. The molecule has 1 aliphatic heterocycles. The summed E-state index contributed by atoms with van der Waals surface area (Å²) in [7, 11) is 1.73. The fourth-order valence-corrected chi connectivity index (χ4v) is 1.78. The summed E-state index contributed by atoms with van der Waals surface area (Å²) in [6.07, 6.45) is 1.53. The Kier molecular flexibility index (Phi) is 3.95. The van der Waals surface area contributed by atoms with Crippen molar-refractivity contribution < 1.29 is 19.4 Å². The highest BCUT2D eigenvalue weighted by atomic mass is 16.5. The molecule has 2 amide bonds. The number of carbonyl (C=O) groups excluding carboxylic acids is 1. The van der Waals surface area contributed by atoms with E-state index in [1.807, 2.05) is 0 Å². The van der Waals surface area contributed by atoms with E-state index in [0.717, 1.165) is 0 Å². The summed E-state index contributed by atoms with van der Waals surface area (Å²) in [6.45, 7) is 0.492. The van der Waals surface area contributed by atoms with Crippen molar-refractivity contribution in [2.24, 2.45) is 13.0 Å². The van der Waals surface area contributed by atoms with Crippen molar-refractivity contribution in [1.29, 1.82) is 0 Å². The number of hydrogen-bond donors (Lipinski definition) is 3. The van der Waals surface area contributed by atoms with Crippen LogP contribution in [-0.2, 0) is 23.1 Å². The third kappa shape index (κ3) is 3.41. The largest absolute Gasteiger partial charge is 0.481 e. The molecule has 1 aromatic rings. The van der Waals surface area contributed by atoms with Gasteiger partial charge in [0.1, 0.15) is 12.2 Å². The Morgan fingerprint density at radius 2 is 2.37 bits per heavy atom. The van der Waals surface area contributed by atoms with Gasteiger partial charge in [-0.1, -0.05) is 0 Å². The molecule has 0 bridgehead atoms. The first-order valence-corrected chi connectivity index (χ1v) is 5.75. The maximum absolute atomic E-state index is 11.6. The van der Waals surface area contributed by atoms with Gasteiger partial charge in [0.25, 0.3) is 0 Å². The molecule has 1 saturated heterocycles. The quantitative estimate of drug-likeness (QED) is 0.626. The van der Waals surface area contributed by atoms with Gasteiger partial charge in [-0.15, -0.1) is 0 Å². The number of urea groups is 1. The predicted molar refractivity (Wildman–Crippen MR) is 62.1 cm³/mol. The van der Waals surface area contributed by atoms with Crippen LogP contribution in [0.5, 0.6) is 0 Å². The molecule has 3 N–H and O–H groups in total. The minimum absolute atomic E-state index is 0.113. The lowest BCUT2D eigenvalue weighted by molar-refractivity contribution is -0.142. The number of ether oxygens (including phenoxy) is 1. The number of aliphatic carboxylic acids is 1. The molecule has 0 spiro atoms. The molecule has 2 atom stereocenters. The highest BCUT2D eigenvalue weighted by Crippen LogP contribution is 2.13. The SMILES string of the molecule is Cn1cnc(CNC(=O)NC2COCC2C(=O)O)n1. The summed E-state index contributed by atoms with van der Waals surface area (Å²) < 4.78 is 6.57. The Labute approximate surface area is 109 Å². The molecule has 0 saturated carbocycles. The lowest BCUT2D eigenvalue weighted by Gasteiger charge is -2.15.